The molecule has 0 saturated heterocycles. The van der Waals surface area contributed by atoms with Crippen LogP contribution in [0.25, 0.3) is 0 Å². The number of nitrogens with one attached hydrogen (secondary N) is 1. The van der Waals surface area contributed by atoms with Crippen molar-refractivity contribution >= 4 is 0 Å². The maximum absolute atomic E-state index is 5.62. The van der Waals surface area contributed by atoms with Crippen LogP contribution in [0.3, 0.4) is 0 Å². The van der Waals surface area contributed by atoms with Crippen LogP contribution in [0.2, 0.25) is 0 Å². The molecule has 6 heteroatoms. The molecule has 1 aromatic carbocycles. The van der Waals surface area contributed by atoms with Gasteiger partial charge in [0.1, 0.15) is 13.2 Å². The first-order chi connectivity index (χ1) is 10.3. The van der Waals surface area contributed by atoms with Crippen LogP contribution >= 0.6 is 0 Å². The highest BCUT2D eigenvalue weighted by atomic mass is 16.6. The van der Waals surface area contributed by atoms with E-state index in [9.17, 15) is 0 Å². The molecule has 112 valence electrons. The average Bonchev–Trinajstić information content (AvgIpc) is 3.04. The van der Waals surface area contributed by atoms with Gasteiger partial charge in [-0.05, 0) is 37.6 Å². The monoisotopic (exact) mass is 288 g/mol. The molecule has 1 unspecified atom stereocenters. The van der Waals surface area contributed by atoms with Gasteiger partial charge in [-0.3, -0.25) is 4.68 Å². The molecule has 0 fully saturated rings. The van der Waals surface area contributed by atoms with Crippen molar-refractivity contribution in [2.45, 2.75) is 25.9 Å². The Morgan fingerprint density at radius 2 is 2.14 bits per heavy atom. The van der Waals surface area contributed by atoms with Gasteiger partial charge in [-0.15, -0.1) is 5.10 Å². The second kappa shape index (κ2) is 6.58. The molecule has 0 saturated carbocycles. The second-order valence-electron chi connectivity index (χ2n) is 5.10. The lowest BCUT2D eigenvalue weighted by molar-refractivity contribution is 0.171. The molecule has 2 heterocycles. The number of rotatable bonds is 6. The molecular formula is C15H20N4O2. The van der Waals surface area contributed by atoms with Crippen LogP contribution in [0.5, 0.6) is 11.5 Å². The van der Waals surface area contributed by atoms with Gasteiger partial charge >= 0.3 is 0 Å². The summed E-state index contributed by atoms with van der Waals surface area (Å²) in [5, 5.41) is 11.2. The van der Waals surface area contributed by atoms with Gasteiger partial charge < -0.3 is 14.8 Å². The number of nitrogens with zero attached hydrogens (tertiary/aromatic N) is 3. The van der Waals surface area contributed by atoms with E-state index < -0.39 is 0 Å². The van der Waals surface area contributed by atoms with E-state index in [1.54, 1.807) is 6.20 Å². The van der Waals surface area contributed by atoms with Gasteiger partial charge in [-0.2, -0.15) is 0 Å². The summed E-state index contributed by atoms with van der Waals surface area (Å²) in [6.07, 6.45) is 4.59. The normalized spacial score (nSPS) is 14.9. The van der Waals surface area contributed by atoms with Crippen LogP contribution in [0.4, 0.5) is 0 Å². The van der Waals surface area contributed by atoms with E-state index in [0.717, 1.165) is 31.0 Å². The molecule has 1 aromatic heterocycles. The Balaban J connectivity index is 1.49. The molecule has 6 nitrogen and oxygen atoms in total. The first-order valence-corrected chi connectivity index (χ1v) is 7.30. The van der Waals surface area contributed by atoms with E-state index in [0.29, 0.717) is 13.2 Å². The summed E-state index contributed by atoms with van der Waals surface area (Å²) in [7, 11) is 0. The number of fused-ring (bicyclic) bond motifs is 1. The van der Waals surface area contributed by atoms with Crippen molar-refractivity contribution in [1.29, 1.82) is 0 Å². The van der Waals surface area contributed by atoms with Crippen molar-refractivity contribution in [3.8, 4) is 11.5 Å². The first kappa shape index (κ1) is 13.9. The van der Waals surface area contributed by atoms with E-state index in [1.165, 1.54) is 5.56 Å². The summed E-state index contributed by atoms with van der Waals surface area (Å²) >= 11 is 0. The topological polar surface area (TPSA) is 61.2 Å². The number of hydrogen-bond donors (Lipinski definition) is 1. The Hall–Kier alpha value is -2.08. The van der Waals surface area contributed by atoms with Gasteiger partial charge in [0.2, 0.25) is 0 Å². The highest BCUT2D eigenvalue weighted by Gasteiger charge is 2.14. The quantitative estimate of drug-likeness (QED) is 0.821. The molecule has 1 aliphatic rings. The summed E-state index contributed by atoms with van der Waals surface area (Å²) in [6.45, 7) is 5.20. The lowest BCUT2D eigenvalue weighted by atomic mass is 10.1. The zero-order valence-corrected chi connectivity index (χ0v) is 12.2. The maximum atomic E-state index is 5.62. The van der Waals surface area contributed by atoms with Crippen molar-refractivity contribution in [3.05, 3.63) is 36.2 Å². The molecule has 1 aliphatic heterocycles. The first-order valence-electron chi connectivity index (χ1n) is 7.30. The van der Waals surface area contributed by atoms with E-state index >= 15 is 0 Å². The van der Waals surface area contributed by atoms with Gasteiger partial charge in [-0.25, -0.2) is 0 Å². The molecule has 0 radical (unpaired) electrons. The van der Waals surface area contributed by atoms with Crippen molar-refractivity contribution < 1.29 is 9.47 Å². The number of ether oxygens (including phenoxy) is 2. The number of aryl methyl sites for hydroxylation is 1. The van der Waals surface area contributed by atoms with Crippen LogP contribution in [0, 0.1) is 0 Å². The maximum Gasteiger partial charge on any atom is 0.161 e. The summed E-state index contributed by atoms with van der Waals surface area (Å²) < 4.78 is 13.0. The van der Waals surface area contributed by atoms with Gasteiger partial charge in [0.15, 0.2) is 11.5 Å². The highest BCUT2D eigenvalue weighted by molar-refractivity contribution is 5.44. The van der Waals surface area contributed by atoms with Crippen LogP contribution in [-0.4, -0.2) is 34.8 Å². The minimum absolute atomic E-state index is 0.275. The lowest BCUT2D eigenvalue weighted by Gasteiger charge is -2.21. The van der Waals surface area contributed by atoms with Gasteiger partial charge in [0.05, 0.1) is 6.20 Å². The van der Waals surface area contributed by atoms with E-state index in [2.05, 4.69) is 34.7 Å². The zero-order chi connectivity index (χ0) is 14.5. The molecule has 0 amide bonds. The Bertz CT molecular complexity index is 571. The van der Waals surface area contributed by atoms with E-state index in [1.807, 2.05) is 16.9 Å². The summed E-state index contributed by atoms with van der Waals surface area (Å²) in [6, 6.07) is 6.40. The summed E-state index contributed by atoms with van der Waals surface area (Å²) in [5.74, 6) is 1.68. The lowest BCUT2D eigenvalue weighted by Crippen LogP contribution is -2.22. The van der Waals surface area contributed by atoms with Crippen molar-refractivity contribution in [3.63, 3.8) is 0 Å². The average molecular weight is 288 g/mol. The largest absolute Gasteiger partial charge is 0.486 e. The highest BCUT2D eigenvalue weighted by Crippen LogP contribution is 2.32. The molecule has 2 aromatic rings. The Kier molecular flexibility index (Phi) is 4.35. The van der Waals surface area contributed by atoms with Crippen LogP contribution in [-0.2, 0) is 6.54 Å². The predicted molar refractivity (Wildman–Crippen MR) is 78.5 cm³/mol. The Morgan fingerprint density at radius 3 is 2.95 bits per heavy atom. The molecule has 21 heavy (non-hydrogen) atoms. The third kappa shape index (κ3) is 3.52. The van der Waals surface area contributed by atoms with E-state index in [-0.39, 0.29) is 6.04 Å². The van der Waals surface area contributed by atoms with Gasteiger partial charge in [0, 0.05) is 18.8 Å². The smallest absolute Gasteiger partial charge is 0.161 e. The molecule has 3 rings (SSSR count). The fourth-order valence-corrected chi connectivity index (χ4v) is 2.36. The molecule has 1 atom stereocenters. The molecule has 0 spiro atoms. The van der Waals surface area contributed by atoms with Crippen molar-refractivity contribution in [1.82, 2.24) is 20.3 Å². The molecular weight excluding hydrogens is 268 g/mol. The standard InChI is InChI=1S/C15H20N4O2/c1-12(16-5-2-7-19-8-6-17-18-19)13-3-4-14-15(11-13)21-10-9-20-14/h3-4,6,8,11-12,16H,2,5,7,9-10H2,1H3. The molecule has 1 N–H and O–H groups in total. The Morgan fingerprint density at radius 1 is 1.29 bits per heavy atom. The fourth-order valence-electron chi connectivity index (χ4n) is 2.36. The predicted octanol–water partition coefficient (Wildman–Crippen LogP) is 1.79. The van der Waals surface area contributed by atoms with Crippen LogP contribution in [0.1, 0.15) is 24.9 Å². The van der Waals surface area contributed by atoms with Gasteiger partial charge in [0.25, 0.3) is 0 Å². The third-order valence-electron chi connectivity index (χ3n) is 3.55. The molecule has 0 bridgehead atoms. The second-order valence-corrected chi connectivity index (χ2v) is 5.10. The number of hydrogen-bond acceptors (Lipinski definition) is 5. The SMILES string of the molecule is CC(NCCCn1ccnn1)c1ccc2c(c1)OCCO2. The minimum atomic E-state index is 0.275. The summed E-state index contributed by atoms with van der Waals surface area (Å²) in [5.41, 5.74) is 1.21. The Labute approximate surface area is 124 Å². The van der Waals surface area contributed by atoms with Crippen LogP contribution in [0.15, 0.2) is 30.6 Å². The van der Waals surface area contributed by atoms with E-state index in [4.69, 9.17) is 9.47 Å². The summed E-state index contributed by atoms with van der Waals surface area (Å²) in [4.78, 5) is 0. The van der Waals surface area contributed by atoms with Crippen molar-refractivity contribution in [2.75, 3.05) is 19.8 Å². The molecule has 0 aliphatic carbocycles. The third-order valence-corrected chi connectivity index (χ3v) is 3.55. The van der Waals surface area contributed by atoms with Gasteiger partial charge in [-0.1, -0.05) is 11.3 Å². The van der Waals surface area contributed by atoms with Crippen molar-refractivity contribution in [2.24, 2.45) is 0 Å². The number of aromatic nitrogens is 3. The number of benzene rings is 1. The van der Waals surface area contributed by atoms with Crippen LogP contribution < -0.4 is 14.8 Å². The zero-order valence-electron chi connectivity index (χ0n) is 12.2. The minimum Gasteiger partial charge on any atom is -0.486 e. The fraction of sp³-hybridized carbons (Fsp3) is 0.467.